The fourth-order valence-electron chi connectivity index (χ4n) is 2.08. The zero-order valence-corrected chi connectivity index (χ0v) is 11.9. The van der Waals surface area contributed by atoms with Crippen LogP contribution >= 0.6 is 0 Å². The van der Waals surface area contributed by atoms with Gasteiger partial charge in [-0.2, -0.15) is 0 Å². The maximum atomic E-state index is 5.61. The van der Waals surface area contributed by atoms with E-state index in [0.29, 0.717) is 12.5 Å². The monoisotopic (exact) mass is 255 g/mol. The highest BCUT2D eigenvalue weighted by molar-refractivity contribution is 5.55. The quantitative estimate of drug-likeness (QED) is 0.913. The van der Waals surface area contributed by atoms with Gasteiger partial charge in [0, 0.05) is 23.5 Å². The van der Waals surface area contributed by atoms with Crippen molar-refractivity contribution in [2.24, 2.45) is 11.7 Å². The van der Waals surface area contributed by atoms with Crippen LogP contribution in [0.4, 0.5) is 0 Å². The van der Waals surface area contributed by atoms with E-state index in [0.717, 1.165) is 34.8 Å². The Labute approximate surface area is 114 Å². The topological polar surface area (TPSA) is 51.8 Å². The molecule has 0 spiro atoms. The molecule has 0 aliphatic carbocycles. The Bertz CT molecular complexity index is 544. The summed E-state index contributed by atoms with van der Waals surface area (Å²) >= 11 is 0. The molecule has 0 atom stereocenters. The first-order valence-corrected chi connectivity index (χ1v) is 6.72. The number of nitrogens with two attached hydrogens (primary N) is 1. The van der Waals surface area contributed by atoms with Gasteiger partial charge < -0.3 is 5.73 Å². The van der Waals surface area contributed by atoms with Crippen molar-refractivity contribution in [3.05, 3.63) is 47.3 Å². The molecule has 1 heterocycles. The molecule has 1 aromatic carbocycles. The molecule has 0 aliphatic rings. The summed E-state index contributed by atoms with van der Waals surface area (Å²) < 4.78 is 0. The largest absolute Gasteiger partial charge is 0.326 e. The molecule has 0 unspecified atom stereocenters. The first-order valence-electron chi connectivity index (χ1n) is 6.72. The van der Waals surface area contributed by atoms with E-state index in [9.17, 15) is 0 Å². The third-order valence-electron chi connectivity index (χ3n) is 2.97. The van der Waals surface area contributed by atoms with Crippen molar-refractivity contribution in [2.45, 2.75) is 33.7 Å². The normalized spacial score (nSPS) is 11.0. The maximum Gasteiger partial charge on any atom is 0.159 e. The molecule has 1 aromatic heterocycles. The van der Waals surface area contributed by atoms with Gasteiger partial charge in [0.2, 0.25) is 0 Å². The second kappa shape index (κ2) is 5.93. The molecule has 0 saturated heterocycles. The van der Waals surface area contributed by atoms with Gasteiger partial charge in [-0.1, -0.05) is 38.1 Å². The number of nitrogens with zero attached hydrogens (tertiary/aromatic N) is 2. The lowest BCUT2D eigenvalue weighted by Gasteiger charge is -2.08. The molecule has 0 radical (unpaired) electrons. The Morgan fingerprint density at radius 1 is 1.11 bits per heavy atom. The highest BCUT2D eigenvalue weighted by atomic mass is 14.9. The minimum absolute atomic E-state index is 0.563. The number of rotatable bonds is 4. The van der Waals surface area contributed by atoms with Gasteiger partial charge in [-0.15, -0.1) is 0 Å². The average molecular weight is 255 g/mol. The molecule has 2 aromatic rings. The van der Waals surface area contributed by atoms with Gasteiger partial charge in [0.15, 0.2) is 5.82 Å². The zero-order chi connectivity index (χ0) is 13.8. The smallest absolute Gasteiger partial charge is 0.159 e. The number of hydrogen-bond acceptors (Lipinski definition) is 3. The summed E-state index contributed by atoms with van der Waals surface area (Å²) in [5.74, 6) is 1.40. The van der Waals surface area contributed by atoms with E-state index in [2.05, 4.69) is 29.9 Å². The van der Waals surface area contributed by atoms with E-state index in [1.165, 1.54) is 0 Å². The summed E-state index contributed by atoms with van der Waals surface area (Å²) in [5.41, 5.74) is 9.91. The van der Waals surface area contributed by atoms with Crippen molar-refractivity contribution >= 4 is 0 Å². The summed E-state index contributed by atoms with van der Waals surface area (Å²) in [5, 5.41) is 0. The highest BCUT2D eigenvalue weighted by Crippen LogP contribution is 2.18. The molecular weight excluding hydrogens is 234 g/mol. The number of aryl methyl sites for hydroxylation is 1. The third kappa shape index (κ3) is 3.61. The molecule has 2 rings (SSSR count). The average Bonchev–Trinajstić information content (AvgIpc) is 2.37. The first-order chi connectivity index (χ1) is 9.08. The van der Waals surface area contributed by atoms with Crippen molar-refractivity contribution in [3.63, 3.8) is 0 Å². The fourth-order valence-corrected chi connectivity index (χ4v) is 2.08. The summed E-state index contributed by atoms with van der Waals surface area (Å²) in [4.78, 5) is 9.18. The van der Waals surface area contributed by atoms with Crippen LogP contribution in [0.3, 0.4) is 0 Å². The van der Waals surface area contributed by atoms with E-state index in [-0.39, 0.29) is 0 Å². The Morgan fingerprint density at radius 3 is 2.37 bits per heavy atom. The molecule has 3 nitrogen and oxygen atoms in total. The molecule has 2 N–H and O–H groups in total. The molecule has 0 saturated carbocycles. The van der Waals surface area contributed by atoms with Crippen LogP contribution in [0.25, 0.3) is 11.4 Å². The molecule has 19 heavy (non-hydrogen) atoms. The van der Waals surface area contributed by atoms with Gasteiger partial charge in [-0.25, -0.2) is 9.97 Å². The van der Waals surface area contributed by atoms with Crippen LogP contribution in [0.15, 0.2) is 30.3 Å². The van der Waals surface area contributed by atoms with Gasteiger partial charge in [0.25, 0.3) is 0 Å². The van der Waals surface area contributed by atoms with Gasteiger partial charge in [-0.3, -0.25) is 0 Å². The van der Waals surface area contributed by atoms with Crippen molar-refractivity contribution < 1.29 is 0 Å². The predicted molar refractivity (Wildman–Crippen MR) is 78.6 cm³/mol. The van der Waals surface area contributed by atoms with Crippen molar-refractivity contribution in [2.75, 3.05) is 0 Å². The van der Waals surface area contributed by atoms with E-state index >= 15 is 0 Å². The Morgan fingerprint density at radius 2 is 1.79 bits per heavy atom. The number of hydrogen-bond donors (Lipinski definition) is 1. The van der Waals surface area contributed by atoms with Gasteiger partial charge in [0.1, 0.15) is 0 Å². The maximum absolute atomic E-state index is 5.61. The molecule has 0 aliphatic heterocycles. The van der Waals surface area contributed by atoms with E-state index in [1.807, 2.05) is 31.2 Å². The summed E-state index contributed by atoms with van der Waals surface area (Å²) in [6.07, 6.45) is 0.983. The summed E-state index contributed by atoms with van der Waals surface area (Å²) in [6.45, 7) is 6.98. The predicted octanol–water partition coefficient (Wildman–Crippen LogP) is 3.11. The van der Waals surface area contributed by atoms with Crippen LogP contribution in [0.2, 0.25) is 0 Å². The second-order valence-electron chi connectivity index (χ2n) is 5.32. The Balaban J connectivity index is 2.34. The zero-order valence-electron chi connectivity index (χ0n) is 11.9. The van der Waals surface area contributed by atoms with Crippen molar-refractivity contribution in [1.29, 1.82) is 0 Å². The van der Waals surface area contributed by atoms with Gasteiger partial charge >= 0.3 is 0 Å². The van der Waals surface area contributed by atoms with Crippen molar-refractivity contribution in [1.82, 2.24) is 9.97 Å². The fraction of sp³-hybridized carbons (Fsp3) is 0.375. The van der Waals surface area contributed by atoms with Crippen LogP contribution in [-0.4, -0.2) is 9.97 Å². The standard InChI is InChI=1S/C16H21N3/c1-11(2)8-15-9-12(3)18-16(19-15)14-6-4-13(10-17)5-7-14/h4-7,9,11H,8,10,17H2,1-3H3. The minimum Gasteiger partial charge on any atom is -0.326 e. The number of aromatic nitrogens is 2. The lowest BCUT2D eigenvalue weighted by atomic mass is 10.1. The lowest BCUT2D eigenvalue weighted by molar-refractivity contribution is 0.634. The van der Waals surface area contributed by atoms with Crippen LogP contribution in [0.5, 0.6) is 0 Å². The van der Waals surface area contributed by atoms with Crippen LogP contribution in [0, 0.1) is 12.8 Å². The number of benzene rings is 1. The molecule has 3 heteroatoms. The Hall–Kier alpha value is -1.74. The van der Waals surface area contributed by atoms with Crippen molar-refractivity contribution in [3.8, 4) is 11.4 Å². The van der Waals surface area contributed by atoms with E-state index < -0.39 is 0 Å². The molecule has 0 bridgehead atoms. The lowest BCUT2D eigenvalue weighted by Crippen LogP contribution is -2.02. The molecular formula is C16H21N3. The third-order valence-corrected chi connectivity index (χ3v) is 2.97. The molecule has 0 fully saturated rings. The summed E-state index contributed by atoms with van der Waals surface area (Å²) in [6, 6.07) is 10.2. The molecule has 0 amide bonds. The van der Waals surface area contributed by atoms with E-state index in [1.54, 1.807) is 0 Å². The molecule has 100 valence electrons. The van der Waals surface area contributed by atoms with Gasteiger partial charge in [-0.05, 0) is 30.9 Å². The highest BCUT2D eigenvalue weighted by Gasteiger charge is 2.06. The van der Waals surface area contributed by atoms with Crippen LogP contribution in [0.1, 0.15) is 30.8 Å². The van der Waals surface area contributed by atoms with Gasteiger partial charge in [0.05, 0.1) is 0 Å². The summed E-state index contributed by atoms with van der Waals surface area (Å²) in [7, 11) is 0. The SMILES string of the molecule is Cc1cc(CC(C)C)nc(-c2ccc(CN)cc2)n1. The van der Waals surface area contributed by atoms with E-state index in [4.69, 9.17) is 5.73 Å². The second-order valence-corrected chi connectivity index (χ2v) is 5.32. The first kappa shape index (κ1) is 13.7. The van der Waals surface area contributed by atoms with Crippen LogP contribution < -0.4 is 5.73 Å². The van der Waals surface area contributed by atoms with Crippen LogP contribution in [-0.2, 0) is 13.0 Å². The minimum atomic E-state index is 0.563. The Kier molecular flexibility index (Phi) is 4.27.